The Balaban J connectivity index is 1.65. The highest BCUT2D eigenvalue weighted by Crippen LogP contribution is 2.27. The monoisotopic (exact) mass is 437 g/mol. The number of anilines is 1. The Morgan fingerprint density at radius 1 is 1.29 bits per heavy atom. The number of piperidine rings is 1. The average molecular weight is 438 g/mol. The Morgan fingerprint density at radius 2 is 2.10 bits per heavy atom. The molecule has 1 amide bonds. The molecule has 0 radical (unpaired) electrons. The molecule has 1 aliphatic heterocycles. The molecule has 4 heterocycles. The molecule has 1 saturated heterocycles. The van der Waals surface area contributed by atoms with Gasteiger partial charge in [0, 0.05) is 30.2 Å². The van der Waals surface area contributed by atoms with E-state index >= 15 is 0 Å². The van der Waals surface area contributed by atoms with Gasteiger partial charge in [-0.3, -0.25) is 14.0 Å². The highest BCUT2D eigenvalue weighted by atomic mass is 32.1. The number of hydrogen-bond acceptors (Lipinski definition) is 6. The smallest absolute Gasteiger partial charge is 0.259 e. The van der Waals surface area contributed by atoms with Crippen LogP contribution in [-0.4, -0.2) is 32.9 Å². The third-order valence-electron chi connectivity index (χ3n) is 5.88. The molecule has 7 nitrogen and oxygen atoms in total. The van der Waals surface area contributed by atoms with E-state index in [0.29, 0.717) is 17.4 Å². The molecule has 162 valence electrons. The van der Waals surface area contributed by atoms with E-state index in [1.54, 1.807) is 17.5 Å². The number of aromatic nitrogens is 3. The van der Waals surface area contributed by atoms with Crippen molar-refractivity contribution in [1.82, 2.24) is 14.4 Å². The van der Waals surface area contributed by atoms with Crippen LogP contribution in [0.25, 0.3) is 17.8 Å². The number of thiazole rings is 1. The number of amides is 1. The van der Waals surface area contributed by atoms with E-state index in [1.807, 2.05) is 36.1 Å². The van der Waals surface area contributed by atoms with Gasteiger partial charge in [0.05, 0.1) is 11.6 Å². The molecule has 0 spiro atoms. The van der Waals surface area contributed by atoms with E-state index in [2.05, 4.69) is 24.2 Å². The summed E-state index contributed by atoms with van der Waals surface area (Å²) in [6.45, 7) is 6.97. The molecule has 1 fully saturated rings. The Labute approximate surface area is 185 Å². The summed E-state index contributed by atoms with van der Waals surface area (Å²) >= 11 is 1.61. The molecule has 2 unspecified atom stereocenters. The van der Waals surface area contributed by atoms with E-state index in [0.717, 1.165) is 35.7 Å². The maximum Gasteiger partial charge on any atom is 0.259 e. The van der Waals surface area contributed by atoms with Crippen molar-refractivity contribution in [3.8, 4) is 0 Å². The van der Waals surface area contributed by atoms with Gasteiger partial charge in [0.2, 0.25) is 5.91 Å². The number of carbonyl (C=O) groups is 1. The van der Waals surface area contributed by atoms with Crippen LogP contribution in [0.1, 0.15) is 55.8 Å². The van der Waals surface area contributed by atoms with Crippen LogP contribution in [0.2, 0.25) is 0 Å². The van der Waals surface area contributed by atoms with Gasteiger partial charge in [-0.15, -0.1) is 11.3 Å². The van der Waals surface area contributed by atoms with Gasteiger partial charge < -0.3 is 10.6 Å². The fraction of sp³-hybridized carbons (Fsp3) is 0.391. The van der Waals surface area contributed by atoms with E-state index in [4.69, 9.17) is 10.7 Å². The first kappa shape index (κ1) is 21.2. The first-order valence-electron chi connectivity index (χ1n) is 10.6. The Kier molecular flexibility index (Phi) is 5.91. The standard InChI is InChI=1S/C23H27N5O2S/c1-14(2)18-13-31-21(25-18)7-6-16-8-10-28-19(11-16)26-20(12-22(28)29)27-9-4-5-17(15(27)3)23(24)30/h6-8,10-15,17H,4-5,9H2,1-3H3,(H2,24,30). The third kappa shape index (κ3) is 4.39. The second kappa shape index (κ2) is 8.63. The molecule has 0 aromatic carbocycles. The van der Waals surface area contributed by atoms with Crippen molar-refractivity contribution in [2.45, 2.75) is 45.6 Å². The second-order valence-corrected chi connectivity index (χ2v) is 9.21. The minimum Gasteiger partial charge on any atom is -0.369 e. The van der Waals surface area contributed by atoms with Crippen molar-refractivity contribution < 1.29 is 4.79 Å². The lowest BCUT2D eigenvalue weighted by Gasteiger charge is -2.38. The van der Waals surface area contributed by atoms with Crippen LogP contribution in [0.4, 0.5) is 5.82 Å². The van der Waals surface area contributed by atoms with E-state index in [-0.39, 0.29) is 23.4 Å². The molecule has 3 aromatic rings. The van der Waals surface area contributed by atoms with Crippen molar-refractivity contribution in [2.75, 3.05) is 11.4 Å². The summed E-state index contributed by atoms with van der Waals surface area (Å²) in [4.78, 5) is 35.9. The molecule has 0 saturated carbocycles. The number of primary amides is 1. The number of nitrogens with two attached hydrogens (primary N) is 1. The lowest BCUT2D eigenvalue weighted by Crippen LogP contribution is -2.48. The summed E-state index contributed by atoms with van der Waals surface area (Å²) in [7, 11) is 0. The second-order valence-electron chi connectivity index (χ2n) is 8.32. The number of hydrogen-bond donors (Lipinski definition) is 1. The highest BCUT2D eigenvalue weighted by Gasteiger charge is 2.32. The fourth-order valence-electron chi connectivity index (χ4n) is 4.01. The molecule has 0 bridgehead atoms. The largest absolute Gasteiger partial charge is 0.369 e. The van der Waals surface area contributed by atoms with Gasteiger partial charge in [-0.05, 0) is 49.5 Å². The molecule has 31 heavy (non-hydrogen) atoms. The third-order valence-corrected chi connectivity index (χ3v) is 6.70. The molecule has 1 aliphatic rings. The maximum absolute atomic E-state index is 12.7. The summed E-state index contributed by atoms with van der Waals surface area (Å²) in [5, 5.41) is 3.03. The molecular formula is C23H27N5O2S. The van der Waals surface area contributed by atoms with Crippen molar-refractivity contribution in [1.29, 1.82) is 0 Å². The van der Waals surface area contributed by atoms with Crippen LogP contribution in [0, 0.1) is 5.92 Å². The topological polar surface area (TPSA) is 93.6 Å². The predicted octanol–water partition coefficient (Wildman–Crippen LogP) is 3.54. The van der Waals surface area contributed by atoms with Gasteiger partial charge in [0.15, 0.2) is 0 Å². The molecule has 4 rings (SSSR count). The molecule has 8 heteroatoms. The first-order valence-corrected chi connectivity index (χ1v) is 11.4. The van der Waals surface area contributed by atoms with Crippen LogP contribution >= 0.6 is 11.3 Å². The van der Waals surface area contributed by atoms with Crippen LogP contribution < -0.4 is 16.2 Å². The van der Waals surface area contributed by atoms with E-state index in [9.17, 15) is 9.59 Å². The van der Waals surface area contributed by atoms with Gasteiger partial charge >= 0.3 is 0 Å². The SMILES string of the molecule is CC(C)c1csc(C=Cc2ccn3c(=O)cc(N4CCCC(C(N)=O)C4C)nc3c2)n1. The van der Waals surface area contributed by atoms with Crippen molar-refractivity contribution in [3.63, 3.8) is 0 Å². The highest BCUT2D eigenvalue weighted by molar-refractivity contribution is 7.10. The van der Waals surface area contributed by atoms with E-state index < -0.39 is 0 Å². The molecule has 3 aromatic heterocycles. The zero-order valence-corrected chi connectivity index (χ0v) is 18.8. The zero-order chi connectivity index (χ0) is 22.1. The van der Waals surface area contributed by atoms with Crippen molar-refractivity contribution >= 4 is 40.9 Å². The minimum atomic E-state index is -0.301. The Bertz CT molecular complexity index is 1200. The number of carbonyl (C=O) groups excluding carboxylic acids is 1. The number of fused-ring (bicyclic) bond motifs is 1. The van der Waals surface area contributed by atoms with Gasteiger partial charge in [0.25, 0.3) is 5.56 Å². The van der Waals surface area contributed by atoms with E-state index in [1.165, 1.54) is 10.5 Å². The lowest BCUT2D eigenvalue weighted by molar-refractivity contribution is -0.122. The first-order chi connectivity index (χ1) is 14.8. The Hall–Kier alpha value is -3.00. The van der Waals surface area contributed by atoms with Crippen LogP contribution in [0.3, 0.4) is 0 Å². The zero-order valence-electron chi connectivity index (χ0n) is 18.0. The van der Waals surface area contributed by atoms with Crippen LogP contribution in [-0.2, 0) is 4.79 Å². The van der Waals surface area contributed by atoms with Crippen molar-refractivity contribution in [3.05, 3.63) is 56.4 Å². The summed E-state index contributed by atoms with van der Waals surface area (Å²) in [6, 6.07) is 5.21. The summed E-state index contributed by atoms with van der Waals surface area (Å²) in [5.41, 5.74) is 8.02. The molecular weight excluding hydrogens is 410 g/mol. The van der Waals surface area contributed by atoms with Crippen LogP contribution in [0.5, 0.6) is 0 Å². The molecule has 2 N–H and O–H groups in total. The van der Waals surface area contributed by atoms with Gasteiger partial charge in [-0.2, -0.15) is 0 Å². The lowest BCUT2D eigenvalue weighted by atomic mass is 9.89. The number of rotatable bonds is 5. The van der Waals surface area contributed by atoms with Crippen LogP contribution in [0.15, 0.2) is 34.6 Å². The average Bonchev–Trinajstić information content (AvgIpc) is 3.21. The summed E-state index contributed by atoms with van der Waals surface area (Å²) in [5.74, 6) is 0.452. The quantitative estimate of drug-likeness (QED) is 0.659. The van der Waals surface area contributed by atoms with Crippen molar-refractivity contribution in [2.24, 2.45) is 11.7 Å². The number of nitrogens with zero attached hydrogens (tertiary/aromatic N) is 4. The van der Waals surface area contributed by atoms with Gasteiger partial charge in [-0.25, -0.2) is 9.97 Å². The Morgan fingerprint density at radius 3 is 2.81 bits per heavy atom. The van der Waals surface area contributed by atoms with Gasteiger partial charge in [-0.1, -0.05) is 19.9 Å². The maximum atomic E-state index is 12.7. The molecule has 0 aliphatic carbocycles. The minimum absolute atomic E-state index is 0.0938. The summed E-state index contributed by atoms with van der Waals surface area (Å²) in [6.07, 6.45) is 7.31. The molecule has 2 atom stereocenters. The fourth-order valence-corrected chi connectivity index (χ4v) is 4.88. The van der Waals surface area contributed by atoms with Gasteiger partial charge in [0.1, 0.15) is 16.5 Å². The number of pyridine rings is 1. The summed E-state index contributed by atoms with van der Waals surface area (Å²) < 4.78 is 1.53. The predicted molar refractivity (Wildman–Crippen MR) is 125 cm³/mol. The normalized spacial score (nSPS) is 19.5.